The Bertz CT molecular complexity index is 464. The van der Waals surface area contributed by atoms with E-state index < -0.39 is 16.1 Å². The lowest BCUT2D eigenvalue weighted by molar-refractivity contribution is 0.155. The van der Waals surface area contributed by atoms with Crippen molar-refractivity contribution in [2.45, 2.75) is 30.8 Å². The van der Waals surface area contributed by atoms with Crippen LogP contribution in [0.25, 0.3) is 0 Å². The molecule has 1 unspecified atom stereocenters. The first-order valence-corrected chi connectivity index (χ1v) is 6.67. The molecular formula is C9H15N3O3S. The summed E-state index contributed by atoms with van der Waals surface area (Å²) >= 11 is 0. The Balaban J connectivity index is 2.00. The Kier molecular flexibility index (Phi) is 3.00. The molecule has 1 aliphatic carbocycles. The van der Waals surface area contributed by atoms with Crippen molar-refractivity contribution in [1.29, 1.82) is 0 Å². The third-order valence-corrected chi connectivity index (χ3v) is 4.26. The van der Waals surface area contributed by atoms with E-state index in [1.807, 2.05) is 0 Å². The van der Waals surface area contributed by atoms with Crippen molar-refractivity contribution in [3.8, 4) is 0 Å². The molecule has 0 aromatic carbocycles. The molecule has 2 rings (SSSR count). The number of H-pyrrole nitrogens is 1. The van der Waals surface area contributed by atoms with E-state index in [0.717, 1.165) is 12.8 Å². The lowest BCUT2D eigenvalue weighted by atomic mass is 10.2. The molecule has 7 heteroatoms. The zero-order valence-corrected chi connectivity index (χ0v) is 9.79. The molecule has 0 saturated heterocycles. The lowest BCUT2D eigenvalue weighted by Crippen LogP contribution is -2.33. The fraction of sp³-hybridized carbons (Fsp3) is 0.667. The first-order valence-electron chi connectivity index (χ1n) is 5.18. The van der Waals surface area contributed by atoms with E-state index in [4.69, 9.17) is 0 Å². The number of aliphatic hydroxyl groups is 1. The van der Waals surface area contributed by atoms with E-state index in [0.29, 0.717) is 5.69 Å². The van der Waals surface area contributed by atoms with Crippen molar-refractivity contribution in [2.75, 3.05) is 6.54 Å². The van der Waals surface area contributed by atoms with E-state index in [-0.39, 0.29) is 17.4 Å². The highest BCUT2D eigenvalue weighted by Gasteiger charge is 2.30. The highest BCUT2D eigenvalue weighted by molar-refractivity contribution is 7.89. The number of sulfonamides is 1. The van der Waals surface area contributed by atoms with Crippen LogP contribution in [-0.4, -0.2) is 36.4 Å². The second-order valence-electron chi connectivity index (χ2n) is 4.12. The van der Waals surface area contributed by atoms with Crippen molar-refractivity contribution in [2.24, 2.45) is 5.92 Å². The summed E-state index contributed by atoms with van der Waals surface area (Å²) in [5.41, 5.74) is 0.494. The van der Waals surface area contributed by atoms with Crippen LogP contribution in [0.15, 0.2) is 11.1 Å². The Morgan fingerprint density at radius 1 is 1.69 bits per heavy atom. The average molecular weight is 245 g/mol. The zero-order chi connectivity index (χ0) is 11.8. The Morgan fingerprint density at radius 2 is 2.38 bits per heavy atom. The molecule has 1 aromatic rings. The molecule has 16 heavy (non-hydrogen) atoms. The van der Waals surface area contributed by atoms with Gasteiger partial charge >= 0.3 is 0 Å². The Labute approximate surface area is 94.1 Å². The summed E-state index contributed by atoms with van der Waals surface area (Å²) in [7, 11) is -3.55. The monoisotopic (exact) mass is 245 g/mol. The van der Waals surface area contributed by atoms with Crippen LogP contribution in [0.3, 0.4) is 0 Å². The number of aryl methyl sites for hydroxylation is 1. The third kappa shape index (κ3) is 2.42. The van der Waals surface area contributed by atoms with Gasteiger partial charge in [-0.3, -0.25) is 5.10 Å². The quantitative estimate of drug-likeness (QED) is 0.667. The van der Waals surface area contributed by atoms with E-state index >= 15 is 0 Å². The van der Waals surface area contributed by atoms with Gasteiger partial charge in [0.15, 0.2) is 0 Å². The third-order valence-electron chi connectivity index (χ3n) is 2.72. The van der Waals surface area contributed by atoms with Gasteiger partial charge in [-0.1, -0.05) is 0 Å². The topological polar surface area (TPSA) is 95.1 Å². The normalized spacial score (nSPS) is 18.6. The van der Waals surface area contributed by atoms with Crippen LogP contribution in [0.2, 0.25) is 0 Å². The SMILES string of the molecule is Cc1[nH]ncc1S(=O)(=O)NCC(O)C1CC1. The number of hydrogen-bond donors (Lipinski definition) is 3. The smallest absolute Gasteiger partial charge is 0.244 e. The summed E-state index contributed by atoms with van der Waals surface area (Å²) in [4.78, 5) is 0.135. The maximum Gasteiger partial charge on any atom is 0.244 e. The van der Waals surface area contributed by atoms with Gasteiger partial charge in [0.2, 0.25) is 10.0 Å². The lowest BCUT2D eigenvalue weighted by Gasteiger charge is -2.10. The molecule has 1 saturated carbocycles. The maximum absolute atomic E-state index is 11.8. The molecule has 1 fully saturated rings. The molecule has 1 aromatic heterocycles. The van der Waals surface area contributed by atoms with E-state index in [1.54, 1.807) is 6.92 Å². The Hall–Kier alpha value is -0.920. The highest BCUT2D eigenvalue weighted by atomic mass is 32.2. The molecule has 1 atom stereocenters. The van der Waals surface area contributed by atoms with Gasteiger partial charge in [-0.15, -0.1) is 0 Å². The van der Waals surface area contributed by atoms with Gasteiger partial charge in [0.25, 0.3) is 0 Å². The molecule has 90 valence electrons. The molecule has 0 radical (unpaired) electrons. The molecule has 1 heterocycles. The fourth-order valence-corrected chi connectivity index (χ4v) is 2.72. The van der Waals surface area contributed by atoms with Gasteiger partial charge in [-0.25, -0.2) is 13.1 Å². The van der Waals surface area contributed by atoms with Crippen molar-refractivity contribution >= 4 is 10.0 Å². The summed E-state index contributed by atoms with van der Waals surface area (Å²) in [6.45, 7) is 1.70. The van der Waals surface area contributed by atoms with Crippen LogP contribution in [0, 0.1) is 12.8 Å². The number of aromatic nitrogens is 2. The van der Waals surface area contributed by atoms with E-state index in [9.17, 15) is 13.5 Å². The van der Waals surface area contributed by atoms with Crippen LogP contribution < -0.4 is 4.72 Å². The summed E-state index contributed by atoms with van der Waals surface area (Å²) in [5, 5.41) is 15.8. The largest absolute Gasteiger partial charge is 0.391 e. The molecule has 6 nitrogen and oxygen atoms in total. The van der Waals surface area contributed by atoms with Crippen molar-refractivity contribution in [3.05, 3.63) is 11.9 Å². The summed E-state index contributed by atoms with van der Waals surface area (Å²) in [6, 6.07) is 0. The van der Waals surface area contributed by atoms with Gasteiger partial charge in [0.05, 0.1) is 18.0 Å². The zero-order valence-electron chi connectivity index (χ0n) is 8.97. The van der Waals surface area contributed by atoms with Crippen LogP contribution in [-0.2, 0) is 10.0 Å². The summed E-state index contributed by atoms with van der Waals surface area (Å²) in [6.07, 6.45) is 2.64. The van der Waals surface area contributed by atoms with Crippen LogP contribution in [0.1, 0.15) is 18.5 Å². The minimum absolute atomic E-state index is 0.0671. The molecule has 0 spiro atoms. The van der Waals surface area contributed by atoms with Crippen molar-refractivity contribution < 1.29 is 13.5 Å². The molecule has 1 aliphatic rings. The first kappa shape index (κ1) is 11.6. The van der Waals surface area contributed by atoms with E-state index in [1.165, 1.54) is 6.20 Å². The number of aromatic amines is 1. The van der Waals surface area contributed by atoms with Gasteiger partial charge in [-0.05, 0) is 25.7 Å². The number of aliphatic hydroxyl groups excluding tert-OH is 1. The number of nitrogens with one attached hydrogen (secondary N) is 2. The molecule has 3 N–H and O–H groups in total. The number of hydrogen-bond acceptors (Lipinski definition) is 4. The minimum atomic E-state index is -3.55. The predicted molar refractivity (Wildman–Crippen MR) is 57.2 cm³/mol. The standard InChI is InChI=1S/C9H15N3O3S/c1-6-9(5-10-12-6)16(14,15)11-4-8(13)7-2-3-7/h5,7-8,11,13H,2-4H2,1H3,(H,10,12). The number of nitrogens with zero attached hydrogens (tertiary/aromatic N) is 1. The van der Waals surface area contributed by atoms with Crippen LogP contribution >= 0.6 is 0 Å². The van der Waals surface area contributed by atoms with Gasteiger partial charge in [0, 0.05) is 6.54 Å². The van der Waals surface area contributed by atoms with Crippen molar-refractivity contribution in [1.82, 2.24) is 14.9 Å². The first-order chi connectivity index (χ1) is 7.50. The highest BCUT2D eigenvalue weighted by Crippen LogP contribution is 2.32. The maximum atomic E-state index is 11.8. The Morgan fingerprint density at radius 3 is 2.88 bits per heavy atom. The van der Waals surface area contributed by atoms with Crippen LogP contribution in [0.4, 0.5) is 0 Å². The fourth-order valence-electron chi connectivity index (χ4n) is 1.53. The summed E-state index contributed by atoms with van der Waals surface area (Å²) in [5.74, 6) is 0.258. The molecular weight excluding hydrogens is 230 g/mol. The van der Waals surface area contributed by atoms with Crippen LogP contribution in [0.5, 0.6) is 0 Å². The second-order valence-corrected chi connectivity index (χ2v) is 5.85. The van der Waals surface area contributed by atoms with Gasteiger partial charge < -0.3 is 5.11 Å². The molecule has 0 aliphatic heterocycles. The van der Waals surface area contributed by atoms with E-state index in [2.05, 4.69) is 14.9 Å². The average Bonchev–Trinajstić information content (AvgIpc) is 2.98. The molecule has 0 amide bonds. The van der Waals surface area contributed by atoms with Gasteiger partial charge in [-0.2, -0.15) is 5.10 Å². The molecule has 0 bridgehead atoms. The number of rotatable bonds is 5. The summed E-state index contributed by atoms with van der Waals surface area (Å²) < 4.78 is 25.9. The minimum Gasteiger partial charge on any atom is -0.391 e. The second kappa shape index (κ2) is 4.15. The van der Waals surface area contributed by atoms with Crippen molar-refractivity contribution in [3.63, 3.8) is 0 Å². The predicted octanol–water partition coefficient (Wildman–Crippen LogP) is -0.233. The van der Waals surface area contributed by atoms with Gasteiger partial charge in [0.1, 0.15) is 4.90 Å².